The number of hydrogen-bond donors (Lipinski definition) is 2. The summed E-state index contributed by atoms with van der Waals surface area (Å²) < 4.78 is 0. The van der Waals surface area contributed by atoms with Gasteiger partial charge in [-0.15, -0.1) is 6.58 Å². The molecule has 0 spiro atoms. The number of amides is 1. The van der Waals surface area contributed by atoms with Gasteiger partial charge in [0.1, 0.15) is 0 Å². The summed E-state index contributed by atoms with van der Waals surface area (Å²) in [5.74, 6) is -0.864. The third-order valence-electron chi connectivity index (χ3n) is 3.46. The molecule has 0 aromatic carbocycles. The maximum absolute atomic E-state index is 11.5. The van der Waals surface area contributed by atoms with Gasteiger partial charge in [-0.3, -0.25) is 9.59 Å². The van der Waals surface area contributed by atoms with Crippen molar-refractivity contribution in [1.82, 2.24) is 5.32 Å². The second-order valence-corrected chi connectivity index (χ2v) is 4.75. The van der Waals surface area contributed by atoms with Crippen LogP contribution in [0.25, 0.3) is 0 Å². The van der Waals surface area contributed by atoms with Gasteiger partial charge in [0.25, 0.3) is 0 Å². The molecular formula is C13H21NO3. The topological polar surface area (TPSA) is 66.4 Å². The molecule has 17 heavy (non-hydrogen) atoms. The predicted octanol–water partition coefficient (Wildman–Crippen LogP) is 2.10. The van der Waals surface area contributed by atoms with Crippen LogP contribution in [0.3, 0.4) is 0 Å². The monoisotopic (exact) mass is 239 g/mol. The Hall–Kier alpha value is -1.32. The highest BCUT2D eigenvalue weighted by atomic mass is 16.4. The van der Waals surface area contributed by atoms with Crippen molar-refractivity contribution in [2.75, 3.05) is 6.54 Å². The number of carboxylic acid groups (broad SMARTS) is 1. The van der Waals surface area contributed by atoms with E-state index in [4.69, 9.17) is 0 Å². The van der Waals surface area contributed by atoms with E-state index < -0.39 is 11.4 Å². The van der Waals surface area contributed by atoms with E-state index in [1.54, 1.807) is 6.08 Å². The van der Waals surface area contributed by atoms with E-state index in [1.165, 1.54) is 0 Å². The van der Waals surface area contributed by atoms with Crippen LogP contribution in [0.15, 0.2) is 12.7 Å². The smallest absolute Gasteiger partial charge is 0.311 e. The number of rotatable bonds is 6. The van der Waals surface area contributed by atoms with Gasteiger partial charge in [-0.05, 0) is 19.3 Å². The van der Waals surface area contributed by atoms with E-state index >= 15 is 0 Å². The van der Waals surface area contributed by atoms with Crippen molar-refractivity contribution in [3.05, 3.63) is 12.7 Å². The van der Waals surface area contributed by atoms with Gasteiger partial charge in [0.15, 0.2) is 0 Å². The number of nitrogens with one attached hydrogen (secondary N) is 1. The Morgan fingerprint density at radius 1 is 1.29 bits per heavy atom. The van der Waals surface area contributed by atoms with Crippen LogP contribution in [0.1, 0.15) is 44.9 Å². The number of carbonyl (C=O) groups excluding carboxylic acids is 1. The zero-order valence-corrected chi connectivity index (χ0v) is 10.2. The van der Waals surface area contributed by atoms with Gasteiger partial charge in [0.05, 0.1) is 5.41 Å². The van der Waals surface area contributed by atoms with E-state index in [9.17, 15) is 14.7 Å². The van der Waals surface area contributed by atoms with Crippen LogP contribution in [-0.2, 0) is 9.59 Å². The molecule has 96 valence electrons. The van der Waals surface area contributed by atoms with Crippen LogP contribution < -0.4 is 5.32 Å². The van der Waals surface area contributed by atoms with Crippen molar-refractivity contribution in [3.63, 3.8) is 0 Å². The molecule has 0 aliphatic heterocycles. The van der Waals surface area contributed by atoms with E-state index in [-0.39, 0.29) is 12.5 Å². The van der Waals surface area contributed by atoms with Crippen molar-refractivity contribution < 1.29 is 14.7 Å². The van der Waals surface area contributed by atoms with Crippen LogP contribution in [0.5, 0.6) is 0 Å². The number of allylic oxidation sites excluding steroid dienone is 1. The average molecular weight is 239 g/mol. The van der Waals surface area contributed by atoms with Crippen molar-refractivity contribution in [2.24, 2.45) is 5.41 Å². The Morgan fingerprint density at radius 2 is 1.94 bits per heavy atom. The maximum atomic E-state index is 11.5. The fraction of sp³-hybridized carbons (Fsp3) is 0.692. The molecule has 0 saturated heterocycles. The van der Waals surface area contributed by atoms with E-state index in [0.717, 1.165) is 19.3 Å². The van der Waals surface area contributed by atoms with Crippen molar-refractivity contribution in [2.45, 2.75) is 44.9 Å². The Balaban J connectivity index is 2.47. The summed E-state index contributed by atoms with van der Waals surface area (Å²) in [5.41, 5.74) is -0.734. The molecule has 4 heteroatoms. The molecule has 1 amide bonds. The lowest BCUT2D eigenvalue weighted by atomic mass is 9.74. The van der Waals surface area contributed by atoms with Gasteiger partial charge in [-0.25, -0.2) is 0 Å². The zero-order chi connectivity index (χ0) is 12.7. The Kier molecular flexibility index (Phi) is 5.19. The second kappa shape index (κ2) is 6.42. The number of carbonyl (C=O) groups is 2. The van der Waals surface area contributed by atoms with Crippen LogP contribution in [0.2, 0.25) is 0 Å². The van der Waals surface area contributed by atoms with Gasteiger partial charge in [0.2, 0.25) is 5.91 Å². The summed E-state index contributed by atoms with van der Waals surface area (Å²) in [4.78, 5) is 22.8. The Bertz CT molecular complexity index is 293. The van der Waals surface area contributed by atoms with Gasteiger partial charge in [0, 0.05) is 13.0 Å². The lowest BCUT2D eigenvalue weighted by Crippen LogP contribution is -2.44. The average Bonchev–Trinajstić information content (AvgIpc) is 2.34. The van der Waals surface area contributed by atoms with Gasteiger partial charge >= 0.3 is 5.97 Å². The molecule has 1 rings (SSSR count). The third kappa shape index (κ3) is 3.88. The van der Waals surface area contributed by atoms with Crippen LogP contribution >= 0.6 is 0 Å². The minimum atomic E-state index is -0.777. The molecule has 0 aromatic rings. The predicted molar refractivity (Wildman–Crippen MR) is 65.6 cm³/mol. The molecule has 1 aliphatic carbocycles. The third-order valence-corrected chi connectivity index (χ3v) is 3.46. The second-order valence-electron chi connectivity index (χ2n) is 4.75. The first-order valence-corrected chi connectivity index (χ1v) is 6.22. The largest absolute Gasteiger partial charge is 0.481 e. The fourth-order valence-electron chi connectivity index (χ4n) is 2.28. The molecule has 0 radical (unpaired) electrons. The van der Waals surface area contributed by atoms with Crippen molar-refractivity contribution in [1.29, 1.82) is 0 Å². The molecule has 0 bridgehead atoms. The van der Waals surface area contributed by atoms with Gasteiger partial charge < -0.3 is 10.4 Å². The van der Waals surface area contributed by atoms with Crippen molar-refractivity contribution in [3.8, 4) is 0 Å². The quantitative estimate of drug-likeness (QED) is 0.697. The number of aliphatic carboxylic acids is 1. The SMILES string of the molecule is C=CCCC(=O)NCC1(C(=O)O)CCCCC1. The van der Waals surface area contributed by atoms with E-state index in [2.05, 4.69) is 11.9 Å². The summed E-state index contributed by atoms with van der Waals surface area (Å²) in [5, 5.41) is 12.1. The molecule has 0 unspecified atom stereocenters. The standard InChI is InChI=1S/C13H21NO3/c1-2-3-7-11(15)14-10-13(12(16)17)8-5-4-6-9-13/h2H,1,3-10H2,(H,14,15)(H,16,17). The normalized spacial score (nSPS) is 18.4. The van der Waals surface area contributed by atoms with Gasteiger partial charge in [-0.1, -0.05) is 25.3 Å². The fourth-order valence-corrected chi connectivity index (χ4v) is 2.28. The summed E-state index contributed by atoms with van der Waals surface area (Å²) in [6, 6.07) is 0. The van der Waals surface area contributed by atoms with Crippen LogP contribution in [0, 0.1) is 5.41 Å². The minimum absolute atomic E-state index is 0.0869. The summed E-state index contributed by atoms with van der Waals surface area (Å²) >= 11 is 0. The highest BCUT2D eigenvalue weighted by molar-refractivity contribution is 5.79. The summed E-state index contributed by atoms with van der Waals surface area (Å²) in [7, 11) is 0. The molecule has 1 fully saturated rings. The molecule has 0 aromatic heterocycles. The molecule has 1 saturated carbocycles. The summed E-state index contributed by atoms with van der Waals surface area (Å²) in [6.45, 7) is 3.81. The first-order chi connectivity index (χ1) is 8.10. The number of hydrogen-bond acceptors (Lipinski definition) is 2. The van der Waals surface area contributed by atoms with E-state index in [1.807, 2.05) is 0 Å². The molecule has 0 atom stereocenters. The van der Waals surface area contributed by atoms with Gasteiger partial charge in [-0.2, -0.15) is 0 Å². The molecule has 1 aliphatic rings. The lowest BCUT2D eigenvalue weighted by molar-refractivity contribution is -0.151. The Morgan fingerprint density at radius 3 is 2.47 bits per heavy atom. The highest BCUT2D eigenvalue weighted by Crippen LogP contribution is 2.35. The lowest BCUT2D eigenvalue weighted by Gasteiger charge is -2.33. The minimum Gasteiger partial charge on any atom is -0.481 e. The summed E-state index contributed by atoms with van der Waals surface area (Å²) in [6.07, 6.45) is 7.02. The molecule has 0 heterocycles. The van der Waals surface area contributed by atoms with Crippen LogP contribution in [0.4, 0.5) is 0 Å². The zero-order valence-electron chi connectivity index (χ0n) is 10.2. The Labute approximate surface area is 102 Å². The van der Waals surface area contributed by atoms with Crippen LogP contribution in [-0.4, -0.2) is 23.5 Å². The number of carboxylic acids is 1. The molecular weight excluding hydrogens is 218 g/mol. The van der Waals surface area contributed by atoms with Crippen molar-refractivity contribution >= 4 is 11.9 Å². The van der Waals surface area contributed by atoms with E-state index in [0.29, 0.717) is 25.7 Å². The highest BCUT2D eigenvalue weighted by Gasteiger charge is 2.39. The molecule has 4 nitrogen and oxygen atoms in total. The maximum Gasteiger partial charge on any atom is 0.311 e. The first kappa shape index (κ1) is 13.7. The molecule has 2 N–H and O–H groups in total. The first-order valence-electron chi connectivity index (χ1n) is 6.22.